The standard InChI is InChI=1S/C17H15Cl3N4O/c18-3-5-25-16-13(19)7-14-12(15(16)20)2-1-4-24(14)11-6-10-8-22-23-17(10)21-9-11/h6-9H,1-5H2,(H,21,22,23). The normalized spacial score (nSPS) is 14.0. The van der Waals surface area contributed by atoms with Gasteiger partial charge in [-0.1, -0.05) is 23.2 Å². The summed E-state index contributed by atoms with van der Waals surface area (Å²) >= 11 is 18.7. The first kappa shape index (κ1) is 16.8. The molecule has 5 nitrogen and oxygen atoms in total. The van der Waals surface area contributed by atoms with Crippen molar-refractivity contribution in [2.75, 3.05) is 23.9 Å². The maximum Gasteiger partial charge on any atom is 0.156 e. The number of halogens is 3. The van der Waals surface area contributed by atoms with Crippen LogP contribution in [0.3, 0.4) is 0 Å². The van der Waals surface area contributed by atoms with Crippen molar-refractivity contribution >= 4 is 57.2 Å². The lowest BCUT2D eigenvalue weighted by atomic mass is 10.0. The zero-order valence-electron chi connectivity index (χ0n) is 13.2. The van der Waals surface area contributed by atoms with Crippen LogP contribution in [-0.4, -0.2) is 34.2 Å². The molecule has 0 spiro atoms. The SMILES string of the molecule is ClCCOc1c(Cl)cc2c(c1Cl)CCCN2c1cnc2[nH]ncc2c1. The molecule has 0 fully saturated rings. The minimum Gasteiger partial charge on any atom is -0.489 e. The molecule has 1 aliphatic heterocycles. The number of hydrogen-bond donors (Lipinski definition) is 1. The van der Waals surface area contributed by atoms with Gasteiger partial charge in [0, 0.05) is 17.6 Å². The fraction of sp³-hybridized carbons (Fsp3) is 0.294. The summed E-state index contributed by atoms with van der Waals surface area (Å²) in [6, 6.07) is 3.96. The summed E-state index contributed by atoms with van der Waals surface area (Å²) < 4.78 is 5.63. The second kappa shape index (κ2) is 6.90. The van der Waals surface area contributed by atoms with Gasteiger partial charge in [0.05, 0.1) is 34.0 Å². The molecular formula is C17H15Cl3N4O. The van der Waals surface area contributed by atoms with Gasteiger partial charge in [0.25, 0.3) is 0 Å². The van der Waals surface area contributed by atoms with Crippen LogP contribution in [0.1, 0.15) is 12.0 Å². The van der Waals surface area contributed by atoms with Crippen LogP contribution in [0.5, 0.6) is 5.75 Å². The molecule has 3 heterocycles. The summed E-state index contributed by atoms with van der Waals surface area (Å²) in [6.45, 7) is 1.23. The van der Waals surface area contributed by atoms with Crippen molar-refractivity contribution in [1.82, 2.24) is 15.2 Å². The van der Waals surface area contributed by atoms with E-state index in [1.165, 1.54) is 0 Å². The van der Waals surface area contributed by atoms with E-state index in [1.54, 1.807) is 6.20 Å². The molecule has 1 aromatic carbocycles. The molecule has 0 amide bonds. The molecule has 1 N–H and O–H groups in total. The zero-order valence-corrected chi connectivity index (χ0v) is 15.5. The number of anilines is 2. The fourth-order valence-electron chi connectivity index (χ4n) is 3.15. The van der Waals surface area contributed by atoms with E-state index >= 15 is 0 Å². The number of nitrogens with zero attached hydrogens (tertiary/aromatic N) is 3. The van der Waals surface area contributed by atoms with E-state index in [2.05, 4.69) is 26.1 Å². The Kier molecular flexibility index (Phi) is 4.63. The van der Waals surface area contributed by atoms with Crippen molar-refractivity contribution in [2.24, 2.45) is 0 Å². The molecule has 0 saturated carbocycles. The number of fused-ring (bicyclic) bond motifs is 2. The summed E-state index contributed by atoms with van der Waals surface area (Å²) in [4.78, 5) is 6.61. The summed E-state index contributed by atoms with van der Waals surface area (Å²) in [6.07, 6.45) is 5.45. The number of aromatic amines is 1. The van der Waals surface area contributed by atoms with Crippen LogP contribution in [0, 0.1) is 0 Å². The highest BCUT2D eigenvalue weighted by molar-refractivity contribution is 6.38. The molecule has 4 rings (SSSR count). The van der Waals surface area contributed by atoms with Crippen LogP contribution in [0.25, 0.3) is 11.0 Å². The number of alkyl halides is 1. The Hall–Kier alpha value is -1.69. The fourth-order valence-corrected chi connectivity index (χ4v) is 3.88. The number of benzene rings is 1. The van der Waals surface area contributed by atoms with Gasteiger partial charge < -0.3 is 9.64 Å². The molecule has 8 heteroatoms. The van der Waals surface area contributed by atoms with Gasteiger partial charge in [0.1, 0.15) is 6.61 Å². The Labute approximate surface area is 159 Å². The third-order valence-corrected chi connectivity index (χ3v) is 5.10. The lowest BCUT2D eigenvalue weighted by Crippen LogP contribution is -2.25. The first-order valence-corrected chi connectivity index (χ1v) is 9.24. The highest BCUT2D eigenvalue weighted by Crippen LogP contribution is 2.45. The number of rotatable bonds is 4. The Morgan fingerprint density at radius 1 is 1.24 bits per heavy atom. The largest absolute Gasteiger partial charge is 0.489 e. The summed E-state index contributed by atoms with van der Waals surface area (Å²) in [5, 5.41) is 8.90. The molecule has 2 aromatic heterocycles. The lowest BCUT2D eigenvalue weighted by Gasteiger charge is -2.32. The van der Waals surface area contributed by atoms with E-state index < -0.39 is 0 Å². The summed E-state index contributed by atoms with van der Waals surface area (Å²) in [5.74, 6) is 0.889. The van der Waals surface area contributed by atoms with Crippen LogP contribution in [-0.2, 0) is 6.42 Å². The molecule has 0 aliphatic carbocycles. The van der Waals surface area contributed by atoms with Gasteiger partial charge in [-0.05, 0) is 30.5 Å². The van der Waals surface area contributed by atoms with Gasteiger partial charge in [-0.2, -0.15) is 5.10 Å². The van der Waals surface area contributed by atoms with Crippen molar-refractivity contribution in [2.45, 2.75) is 12.8 Å². The van der Waals surface area contributed by atoms with E-state index in [9.17, 15) is 0 Å². The average Bonchev–Trinajstić information content (AvgIpc) is 3.09. The minimum absolute atomic E-state index is 0.366. The average molecular weight is 398 g/mol. The quantitative estimate of drug-likeness (QED) is 0.632. The van der Waals surface area contributed by atoms with Gasteiger partial charge in [0.15, 0.2) is 11.4 Å². The van der Waals surface area contributed by atoms with Crippen LogP contribution in [0.2, 0.25) is 10.0 Å². The van der Waals surface area contributed by atoms with Crippen LogP contribution in [0.4, 0.5) is 11.4 Å². The monoisotopic (exact) mass is 396 g/mol. The Balaban J connectivity index is 1.79. The first-order chi connectivity index (χ1) is 12.2. The van der Waals surface area contributed by atoms with Gasteiger partial charge in [-0.3, -0.25) is 5.10 Å². The van der Waals surface area contributed by atoms with Crippen LogP contribution < -0.4 is 9.64 Å². The molecule has 0 unspecified atom stereocenters. The molecular weight excluding hydrogens is 383 g/mol. The molecule has 130 valence electrons. The molecule has 3 aromatic rings. The number of ether oxygens (including phenoxy) is 1. The van der Waals surface area contributed by atoms with Crippen molar-refractivity contribution in [1.29, 1.82) is 0 Å². The van der Waals surface area contributed by atoms with Crippen molar-refractivity contribution in [3.8, 4) is 5.75 Å². The second-order valence-corrected chi connectivity index (χ2v) is 6.96. The van der Waals surface area contributed by atoms with E-state index in [0.29, 0.717) is 28.3 Å². The van der Waals surface area contributed by atoms with Crippen LogP contribution >= 0.6 is 34.8 Å². The maximum absolute atomic E-state index is 6.59. The first-order valence-electron chi connectivity index (χ1n) is 7.95. The van der Waals surface area contributed by atoms with Crippen LogP contribution in [0.15, 0.2) is 24.5 Å². The van der Waals surface area contributed by atoms with E-state index in [4.69, 9.17) is 39.5 Å². The third-order valence-electron chi connectivity index (χ3n) is 4.27. The number of hydrogen-bond acceptors (Lipinski definition) is 4. The molecule has 0 bridgehead atoms. The highest BCUT2D eigenvalue weighted by Gasteiger charge is 2.25. The molecule has 0 radical (unpaired) electrons. The molecule has 0 saturated heterocycles. The summed E-state index contributed by atoms with van der Waals surface area (Å²) in [5.41, 5.74) is 3.77. The van der Waals surface area contributed by atoms with E-state index in [-0.39, 0.29) is 0 Å². The Bertz CT molecular complexity index is 928. The molecule has 1 aliphatic rings. The van der Waals surface area contributed by atoms with E-state index in [0.717, 1.165) is 47.4 Å². The van der Waals surface area contributed by atoms with Gasteiger partial charge in [0.2, 0.25) is 0 Å². The predicted octanol–water partition coefficient (Wildman–Crippen LogP) is 4.97. The molecule has 25 heavy (non-hydrogen) atoms. The molecule has 0 atom stereocenters. The second-order valence-electron chi connectivity index (χ2n) is 5.79. The smallest absolute Gasteiger partial charge is 0.156 e. The van der Waals surface area contributed by atoms with E-state index in [1.807, 2.05) is 12.3 Å². The Morgan fingerprint density at radius 3 is 2.96 bits per heavy atom. The zero-order chi connectivity index (χ0) is 17.4. The van der Waals surface area contributed by atoms with Gasteiger partial charge in [-0.25, -0.2) is 4.98 Å². The topological polar surface area (TPSA) is 54.0 Å². The third kappa shape index (κ3) is 3.01. The highest BCUT2D eigenvalue weighted by atomic mass is 35.5. The maximum atomic E-state index is 6.59. The predicted molar refractivity (Wildman–Crippen MR) is 102 cm³/mol. The van der Waals surface area contributed by atoms with Gasteiger partial charge in [-0.15, -0.1) is 11.6 Å². The lowest BCUT2D eigenvalue weighted by molar-refractivity contribution is 0.343. The number of nitrogens with one attached hydrogen (secondary N) is 1. The van der Waals surface area contributed by atoms with Crippen molar-refractivity contribution in [3.63, 3.8) is 0 Å². The van der Waals surface area contributed by atoms with Crippen molar-refractivity contribution < 1.29 is 4.74 Å². The number of pyridine rings is 1. The van der Waals surface area contributed by atoms with Crippen molar-refractivity contribution in [3.05, 3.63) is 40.1 Å². The minimum atomic E-state index is 0.366. The summed E-state index contributed by atoms with van der Waals surface area (Å²) in [7, 11) is 0. The van der Waals surface area contributed by atoms with Gasteiger partial charge >= 0.3 is 0 Å². The number of H-pyrrole nitrogens is 1. The number of aromatic nitrogens is 3. The Morgan fingerprint density at radius 2 is 2.12 bits per heavy atom.